The Bertz CT molecular complexity index is 1070. The molecule has 31 heavy (non-hydrogen) atoms. The van der Waals surface area contributed by atoms with E-state index in [2.05, 4.69) is 15.0 Å². The number of hydrogen-bond donors (Lipinski definition) is 1. The Morgan fingerprint density at radius 1 is 1.13 bits per heavy atom. The number of ether oxygens (including phenoxy) is 1. The van der Waals surface area contributed by atoms with E-state index < -0.39 is 24.3 Å². The standard InChI is InChI=1S/C19H16F5N3O3S/c20-18(21,19(22,23)24)9-30-12-5-3-11(4-6-12)27-16(29)13-7-14(28)25-15(13)26-17(27)31-8-10-1-2-10/h3-6,10H,1-2,7-9H2,(H,25,28). The van der Waals surface area contributed by atoms with Crippen LogP contribution in [0.25, 0.3) is 5.69 Å². The van der Waals surface area contributed by atoms with Crippen molar-refractivity contribution in [3.8, 4) is 11.4 Å². The fourth-order valence-corrected chi connectivity index (χ4v) is 4.08. The first-order chi connectivity index (χ1) is 14.5. The third kappa shape index (κ3) is 4.53. The smallest absolute Gasteiger partial charge is 0.456 e. The van der Waals surface area contributed by atoms with E-state index in [0.29, 0.717) is 16.8 Å². The van der Waals surface area contributed by atoms with Gasteiger partial charge in [-0.15, -0.1) is 0 Å². The maximum atomic E-state index is 13.0. The van der Waals surface area contributed by atoms with Crippen LogP contribution in [0.15, 0.2) is 34.2 Å². The number of nitrogens with one attached hydrogen (secondary N) is 1. The Labute approximate surface area is 176 Å². The molecule has 2 aromatic rings. The second-order valence-electron chi connectivity index (χ2n) is 7.33. The first-order valence-corrected chi connectivity index (χ1v) is 10.3. The number of alkyl halides is 5. The van der Waals surface area contributed by atoms with Crippen LogP contribution < -0.4 is 15.6 Å². The first kappa shape index (κ1) is 21.6. The van der Waals surface area contributed by atoms with Gasteiger partial charge >= 0.3 is 12.1 Å². The Morgan fingerprint density at radius 2 is 1.81 bits per heavy atom. The predicted molar refractivity (Wildman–Crippen MR) is 102 cm³/mol. The molecular weight excluding hydrogens is 445 g/mol. The third-order valence-corrected chi connectivity index (χ3v) is 5.99. The molecular formula is C19H16F5N3O3S. The van der Waals surface area contributed by atoms with Gasteiger partial charge in [-0.2, -0.15) is 22.0 Å². The number of carbonyl (C=O) groups excluding carboxylic acids is 1. The van der Waals surface area contributed by atoms with E-state index in [1.807, 2.05) is 0 Å². The molecule has 1 aromatic heterocycles. The summed E-state index contributed by atoms with van der Waals surface area (Å²) in [5.74, 6) is -4.04. The summed E-state index contributed by atoms with van der Waals surface area (Å²) in [6.45, 7) is -1.85. The molecule has 0 spiro atoms. The number of rotatable bonds is 7. The highest BCUT2D eigenvalue weighted by Gasteiger charge is 2.58. The lowest BCUT2D eigenvalue weighted by atomic mass is 10.2. The molecule has 1 aliphatic carbocycles. The highest BCUT2D eigenvalue weighted by atomic mass is 32.2. The minimum atomic E-state index is -5.71. The van der Waals surface area contributed by atoms with Gasteiger partial charge in [0.1, 0.15) is 11.6 Å². The number of aromatic nitrogens is 2. The van der Waals surface area contributed by atoms with Gasteiger partial charge in [0.05, 0.1) is 17.7 Å². The van der Waals surface area contributed by atoms with Crippen LogP contribution in [0.5, 0.6) is 5.75 Å². The lowest BCUT2D eigenvalue weighted by Crippen LogP contribution is -2.41. The van der Waals surface area contributed by atoms with Gasteiger partial charge in [0.25, 0.3) is 5.56 Å². The van der Waals surface area contributed by atoms with Gasteiger partial charge in [0.15, 0.2) is 11.8 Å². The van der Waals surface area contributed by atoms with Crippen molar-refractivity contribution in [3.05, 3.63) is 40.2 Å². The number of carbonyl (C=O) groups is 1. The Balaban J connectivity index is 1.60. The molecule has 1 saturated carbocycles. The summed E-state index contributed by atoms with van der Waals surface area (Å²) in [7, 11) is 0. The van der Waals surface area contributed by atoms with Gasteiger partial charge in [-0.25, -0.2) is 4.98 Å². The Kier molecular flexibility index (Phi) is 5.44. The van der Waals surface area contributed by atoms with Crippen LogP contribution in [0.4, 0.5) is 27.8 Å². The van der Waals surface area contributed by atoms with Crippen LogP contribution in [0.3, 0.4) is 0 Å². The molecule has 0 radical (unpaired) electrons. The van der Waals surface area contributed by atoms with Crippen LogP contribution in [0, 0.1) is 5.92 Å². The number of thioether (sulfide) groups is 1. The minimum Gasteiger partial charge on any atom is -0.487 e. The van der Waals surface area contributed by atoms with Gasteiger partial charge in [0, 0.05) is 5.75 Å². The van der Waals surface area contributed by atoms with Crippen molar-refractivity contribution in [2.24, 2.45) is 5.92 Å². The van der Waals surface area contributed by atoms with Gasteiger partial charge in [0.2, 0.25) is 5.91 Å². The van der Waals surface area contributed by atoms with Crippen molar-refractivity contribution in [3.63, 3.8) is 0 Å². The number of benzene rings is 1. The van der Waals surface area contributed by atoms with Crippen molar-refractivity contribution in [1.29, 1.82) is 0 Å². The molecule has 1 fully saturated rings. The summed E-state index contributed by atoms with van der Waals surface area (Å²) in [4.78, 5) is 29.1. The summed E-state index contributed by atoms with van der Waals surface area (Å²) in [6, 6.07) is 5.12. The van der Waals surface area contributed by atoms with Gasteiger partial charge in [-0.1, -0.05) is 11.8 Å². The first-order valence-electron chi connectivity index (χ1n) is 9.31. The summed E-state index contributed by atoms with van der Waals surface area (Å²) >= 11 is 1.36. The maximum absolute atomic E-state index is 13.0. The summed E-state index contributed by atoms with van der Waals surface area (Å²) in [5.41, 5.74) is 0.0951. The van der Waals surface area contributed by atoms with E-state index in [0.717, 1.165) is 18.6 Å². The second-order valence-corrected chi connectivity index (χ2v) is 8.31. The molecule has 166 valence electrons. The number of hydrogen-bond acceptors (Lipinski definition) is 5. The molecule has 1 N–H and O–H groups in total. The average molecular weight is 461 g/mol. The van der Waals surface area contributed by atoms with E-state index in [1.165, 1.54) is 40.6 Å². The highest BCUT2D eigenvalue weighted by Crippen LogP contribution is 2.37. The quantitative estimate of drug-likeness (QED) is 0.386. The molecule has 2 heterocycles. The van der Waals surface area contributed by atoms with Crippen LogP contribution in [0.1, 0.15) is 18.4 Å². The number of anilines is 1. The molecule has 0 bridgehead atoms. The Morgan fingerprint density at radius 3 is 2.42 bits per heavy atom. The molecule has 4 rings (SSSR count). The van der Waals surface area contributed by atoms with Crippen LogP contribution >= 0.6 is 11.8 Å². The van der Waals surface area contributed by atoms with Gasteiger partial charge < -0.3 is 10.1 Å². The van der Waals surface area contributed by atoms with Gasteiger partial charge in [-0.05, 0) is 43.0 Å². The summed E-state index contributed by atoms with van der Waals surface area (Å²) < 4.78 is 68.8. The largest absolute Gasteiger partial charge is 0.487 e. The number of halogens is 5. The fraction of sp³-hybridized carbons (Fsp3) is 0.421. The normalized spacial score (nSPS) is 16.2. The molecule has 0 saturated heterocycles. The zero-order valence-electron chi connectivity index (χ0n) is 15.8. The van der Waals surface area contributed by atoms with Crippen LogP contribution in [-0.4, -0.2) is 39.9 Å². The zero-order valence-corrected chi connectivity index (χ0v) is 16.7. The number of nitrogens with zero attached hydrogens (tertiary/aromatic N) is 2. The molecule has 12 heteroatoms. The van der Waals surface area contributed by atoms with E-state index in [-0.39, 0.29) is 29.5 Å². The molecule has 6 nitrogen and oxygen atoms in total. The summed E-state index contributed by atoms with van der Waals surface area (Å²) in [5, 5.41) is 2.91. The van der Waals surface area contributed by atoms with Crippen LogP contribution in [-0.2, 0) is 11.2 Å². The average Bonchev–Trinajstić information content (AvgIpc) is 3.45. The van der Waals surface area contributed by atoms with E-state index >= 15 is 0 Å². The third-order valence-electron chi connectivity index (χ3n) is 4.82. The lowest BCUT2D eigenvalue weighted by Gasteiger charge is -2.20. The SMILES string of the molecule is O=C1Cc2c(nc(SCC3CC3)n(-c3ccc(OCC(F)(F)C(F)(F)F)cc3)c2=O)N1. The van der Waals surface area contributed by atoms with Crippen molar-refractivity contribution in [2.75, 3.05) is 17.7 Å². The fourth-order valence-electron chi connectivity index (χ4n) is 2.88. The summed E-state index contributed by atoms with van der Waals surface area (Å²) in [6.07, 6.45) is -3.64. The lowest BCUT2D eigenvalue weighted by molar-refractivity contribution is -0.290. The van der Waals surface area contributed by atoms with E-state index in [4.69, 9.17) is 0 Å². The minimum absolute atomic E-state index is 0.109. The van der Waals surface area contributed by atoms with Crippen molar-refractivity contribution >= 4 is 23.5 Å². The highest BCUT2D eigenvalue weighted by molar-refractivity contribution is 7.99. The molecule has 1 amide bonds. The van der Waals surface area contributed by atoms with Crippen molar-refractivity contribution in [2.45, 2.75) is 36.5 Å². The van der Waals surface area contributed by atoms with Gasteiger partial charge in [-0.3, -0.25) is 14.2 Å². The van der Waals surface area contributed by atoms with E-state index in [1.54, 1.807) is 0 Å². The van der Waals surface area contributed by atoms with E-state index in [9.17, 15) is 31.5 Å². The predicted octanol–water partition coefficient (Wildman–Crippen LogP) is 3.81. The van der Waals surface area contributed by atoms with Crippen LogP contribution in [0.2, 0.25) is 0 Å². The number of amides is 1. The Hall–Kier alpha value is -2.63. The second kappa shape index (κ2) is 7.81. The monoisotopic (exact) mass is 461 g/mol. The topological polar surface area (TPSA) is 73.2 Å². The van der Waals surface area contributed by atoms with Crippen molar-refractivity contribution < 1.29 is 31.5 Å². The molecule has 1 aliphatic heterocycles. The molecule has 2 aliphatic rings. The zero-order chi connectivity index (χ0) is 22.4. The molecule has 0 atom stereocenters. The van der Waals surface area contributed by atoms with Crippen molar-refractivity contribution in [1.82, 2.24) is 9.55 Å². The molecule has 1 aromatic carbocycles. The molecule has 0 unspecified atom stereocenters. The maximum Gasteiger partial charge on any atom is 0.456 e. The number of fused-ring (bicyclic) bond motifs is 1.